The predicted molar refractivity (Wildman–Crippen MR) is 143 cm³/mol. The van der Waals surface area contributed by atoms with Crippen molar-refractivity contribution in [1.29, 1.82) is 0 Å². The quantitative estimate of drug-likeness (QED) is 0.195. The van der Waals surface area contributed by atoms with Gasteiger partial charge in [0, 0.05) is 35.8 Å². The van der Waals surface area contributed by atoms with Crippen molar-refractivity contribution in [2.75, 3.05) is 5.32 Å². The lowest BCUT2D eigenvalue weighted by atomic mass is 10.0. The first-order chi connectivity index (χ1) is 20.9. The number of carboxylic acid groups (broad SMARTS) is 1. The Balaban J connectivity index is 1.65. The Morgan fingerprint density at radius 1 is 1.02 bits per heavy atom. The van der Waals surface area contributed by atoms with Crippen LogP contribution >= 0.6 is 0 Å². The molecular weight excluding hydrogens is 620 g/mol. The van der Waals surface area contributed by atoms with Gasteiger partial charge in [-0.2, -0.15) is 26.3 Å². The number of fused-ring (bicyclic) bond motifs is 1. The van der Waals surface area contributed by atoms with Crippen LogP contribution in [-0.4, -0.2) is 54.6 Å². The molecule has 0 saturated carbocycles. The van der Waals surface area contributed by atoms with E-state index in [1.54, 1.807) is 0 Å². The van der Waals surface area contributed by atoms with Gasteiger partial charge >= 0.3 is 18.3 Å². The van der Waals surface area contributed by atoms with Crippen LogP contribution in [-0.2, 0) is 17.4 Å². The Kier molecular flexibility index (Phi) is 9.02. The number of anilines is 1. The summed E-state index contributed by atoms with van der Waals surface area (Å²) in [5.74, 6) is -6.17. The summed E-state index contributed by atoms with van der Waals surface area (Å²) in [5.41, 5.74) is -3.63. The number of aromatic nitrogens is 4. The van der Waals surface area contributed by atoms with E-state index >= 15 is 0 Å². The molecule has 4 aromatic rings. The summed E-state index contributed by atoms with van der Waals surface area (Å²) in [7, 11) is 0. The molecule has 0 saturated heterocycles. The van der Waals surface area contributed by atoms with Crippen LogP contribution in [0.3, 0.4) is 0 Å². The predicted octanol–water partition coefficient (Wildman–Crippen LogP) is 5.88. The molecule has 0 bridgehead atoms. The maximum absolute atomic E-state index is 14.8. The number of aliphatic carboxylic acids is 1. The van der Waals surface area contributed by atoms with E-state index in [1.807, 2.05) is 10.6 Å². The highest BCUT2D eigenvalue weighted by Gasteiger charge is 2.39. The van der Waals surface area contributed by atoms with E-state index in [0.717, 1.165) is 0 Å². The van der Waals surface area contributed by atoms with E-state index in [0.29, 0.717) is 12.1 Å². The van der Waals surface area contributed by atoms with E-state index in [-0.39, 0.29) is 28.4 Å². The minimum absolute atomic E-state index is 0.0321. The van der Waals surface area contributed by atoms with Crippen LogP contribution in [0, 0.1) is 25.5 Å². The van der Waals surface area contributed by atoms with Crippen LogP contribution < -0.4 is 10.6 Å². The van der Waals surface area contributed by atoms with Crippen LogP contribution in [0.25, 0.3) is 16.9 Å². The molecule has 2 atom stereocenters. The summed E-state index contributed by atoms with van der Waals surface area (Å²) >= 11 is 0. The lowest BCUT2D eigenvalue weighted by Crippen LogP contribution is -2.43. The number of halogens is 8. The number of hydrogen-bond donors (Lipinski definition) is 3. The van der Waals surface area contributed by atoms with Crippen molar-refractivity contribution in [3.05, 3.63) is 76.6 Å². The maximum atomic E-state index is 14.8. The van der Waals surface area contributed by atoms with Gasteiger partial charge in [-0.15, -0.1) is 0 Å². The second kappa shape index (κ2) is 12.3. The zero-order chi connectivity index (χ0) is 33.4. The number of benzene rings is 1. The molecule has 0 aliphatic carbocycles. The molecule has 0 aliphatic heterocycles. The van der Waals surface area contributed by atoms with Crippen LogP contribution in [0.15, 0.2) is 36.7 Å². The number of nitrogens with one attached hydrogen (secondary N) is 2. The van der Waals surface area contributed by atoms with Crippen LogP contribution in [0.2, 0.25) is 0 Å². The van der Waals surface area contributed by atoms with Gasteiger partial charge < -0.3 is 20.1 Å². The lowest BCUT2D eigenvalue weighted by molar-refractivity contribution is -0.143. The number of pyridine rings is 1. The van der Waals surface area contributed by atoms with Crippen molar-refractivity contribution < 1.29 is 49.8 Å². The molecule has 4 rings (SSSR count). The molecule has 1 unspecified atom stereocenters. The van der Waals surface area contributed by atoms with Gasteiger partial charge in [-0.1, -0.05) is 6.92 Å². The molecule has 9 nitrogen and oxygen atoms in total. The Labute approximate surface area is 249 Å². The first-order valence-electron chi connectivity index (χ1n) is 13.2. The number of rotatable bonds is 9. The molecule has 3 aromatic heterocycles. The fourth-order valence-corrected chi connectivity index (χ4v) is 4.80. The Hall–Kier alpha value is -4.83. The van der Waals surface area contributed by atoms with Gasteiger partial charge in [0.05, 0.1) is 11.4 Å². The zero-order valence-corrected chi connectivity index (χ0v) is 23.6. The number of amides is 1. The minimum Gasteiger partial charge on any atom is -0.480 e. The number of aryl methyl sites for hydroxylation is 2. The van der Waals surface area contributed by atoms with Crippen LogP contribution in [0.1, 0.15) is 46.5 Å². The maximum Gasteiger partial charge on any atom is 0.420 e. The number of alkyl halides is 6. The molecule has 3 heterocycles. The SMILES string of the molecule is CCC(Nc1cc(F)c(C(=O)N[C@@H](Cc2ccc(-c3nc(C)nc(C)c3C(F)(F)F)c3nccn23)C(=O)O)c(F)c1)C(F)(F)F. The molecule has 240 valence electrons. The van der Waals surface area contributed by atoms with Crippen molar-refractivity contribution in [3.8, 4) is 11.3 Å². The first-order valence-corrected chi connectivity index (χ1v) is 13.2. The smallest absolute Gasteiger partial charge is 0.420 e. The largest absolute Gasteiger partial charge is 0.480 e. The standard InChI is InChI=1S/C28H24F8N6O3/c1-4-20(27(31,32)33)40-14-9-17(29)21(18(30)10-14)25(43)41-19(26(44)45)11-15-5-6-16(24-37-7-8-42(15)24)23-22(28(34,35)36)12(2)38-13(3)39-23/h5-10,19-20,40H,4,11H2,1-3H3,(H,41,43)(H,44,45)/t19-,20?/m0/s1. The van der Waals surface area contributed by atoms with Crippen molar-refractivity contribution in [2.45, 2.75) is 58.0 Å². The highest BCUT2D eigenvalue weighted by Crippen LogP contribution is 2.39. The van der Waals surface area contributed by atoms with Gasteiger partial charge in [0.2, 0.25) is 0 Å². The van der Waals surface area contributed by atoms with E-state index in [4.69, 9.17) is 0 Å². The molecule has 17 heteroatoms. The van der Waals surface area contributed by atoms with Gasteiger partial charge in [0.25, 0.3) is 5.91 Å². The highest BCUT2D eigenvalue weighted by molar-refractivity contribution is 5.97. The number of carbonyl (C=O) groups is 2. The molecule has 0 aliphatic rings. The summed E-state index contributed by atoms with van der Waals surface area (Å²) in [6.07, 6.45) is -7.94. The molecule has 45 heavy (non-hydrogen) atoms. The lowest BCUT2D eigenvalue weighted by Gasteiger charge is -2.22. The summed E-state index contributed by atoms with van der Waals surface area (Å²) < 4.78 is 112. The van der Waals surface area contributed by atoms with Crippen molar-refractivity contribution in [3.63, 3.8) is 0 Å². The summed E-state index contributed by atoms with van der Waals surface area (Å²) in [5, 5.41) is 13.7. The average molecular weight is 645 g/mol. The Morgan fingerprint density at radius 2 is 1.67 bits per heavy atom. The second-order valence-electron chi connectivity index (χ2n) is 9.97. The topological polar surface area (TPSA) is 122 Å². The van der Waals surface area contributed by atoms with E-state index in [1.165, 1.54) is 49.7 Å². The van der Waals surface area contributed by atoms with E-state index in [9.17, 15) is 49.8 Å². The summed E-state index contributed by atoms with van der Waals surface area (Å²) in [4.78, 5) is 36.7. The number of carboxylic acids is 1. The average Bonchev–Trinajstić information content (AvgIpc) is 3.39. The Bertz CT molecular complexity index is 1750. The van der Waals surface area contributed by atoms with E-state index in [2.05, 4.69) is 15.0 Å². The van der Waals surface area contributed by atoms with Gasteiger partial charge in [0.15, 0.2) is 0 Å². The highest BCUT2D eigenvalue weighted by atomic mass is 19.4. The van der Waals surface area contributed by atoms with Gasteiger partial charge in [0.1, 0.15) is 46.3 Å². The number of hydrogen-bond acceptors (Lipinski definition) is 6. The molecule has 0 radical (unpaired) electrons. The van der Waals surface area contributed by atoms with Crippen molar-refractivity contribution in [2.24, 2.45) is 0 Å². The molecule has 1 aromatic carbocycles. The fraction of sp³-hybridized carbons (Fsp3) is 0.321. The second-order valence-corrected chi connectivity index (χ2v) is 9.97. The number of imidazole rings is 1. The summed E-state index contributed by atoms with van der Waals surface area (Å²) in [6.45, 7) is 3.79. The van der Waals surface area contributed by atoms with Gasteiger partial charge in [-0.05, 0) is 44.5 Å². The molecule has 1 amide bonds. The van der Waals surface area contributed by atoms with Gasteiger partial charge in [-0.3, -0.25) is 4.79 Å². The van der Waals surface area contributed by atoms with Crippen LogP contribution in [0.4, 0.5) is 40.8 Å². The monoisotopic (exact) mass is 644 g/mol. The fourth-order valence-electron chi connectivity index (χ4n) is 4.80. The zero-order valence-electron chi connectivity index (χ0n) is 23.6. The Morgan fingerprint density at radius 3 is 2.22 bits per heavy atom. The van der Waals surface area contributed by atoms with Gasteiger partial charge in [-0.25, -0.2) is 28.5 Å². The van der Waals surface area contributed by atoms with E-state index < -0.39 is 83.3 Å². The number of carbonyl (C=O) groups excluding carboxylic acids is 1. The van der Waals surface area contributed by atoms with Crippen LogP contribution in [0.5, 0.6) is 0 Å². The van der Waals surface area contributed by atoms with Crippen molar-refractivity contribution >= 4 is 23.2 Å². The first kappa shape index (κ1) is 33.1. The summed E-state index contributed by atoms with van der Waals surface area (Å²) in [6, 6.07) is -0.463. The molecule has 0 spiro atoms. The molecular formula is C28H24F8N6O3. The molecule has 0 fully saturated rings. The third-order valence-electron chi connectivity index (χ3n) is 6.80. The number of nitrogens with zero attached hydrogens (tertiary/aromatic N) is 4. The third kappa shape index (κ3) is 6.96. The van der Waals surface area contributed by atoms with Crippen molar-refractivity contribution in [1.82, 2.24) is 24.7 Å². The normalized spacial score (nSPS) is 13.5. The third-order valence-corrected chi connectivity index (χ3v) is 6.80. The molecule has 3 N–H and O–H groups in total. The minimum atomic E-state index is -4.82.